The van der Waals surface area contributed by atoms with E-state index >= 15 is 0 Å². The second-order valence-corrected chi connectivity index (χ2v) is 3.34. The van der Waals surface area contributed by atoms with Crippen molar-refractivity contribution in [1.82, 2.24) is 5.32 Å². The molecule has 1 aliphatic heterocycles. The molecule has 0 unspecified atom stereocenters. The number of allylic oxidation sites excluding steroid dienone is 1. The lowest BCUT2D eigenvalue weighted by atomic mass is 10.2. The maximum atomic E-state index is 11.3. The van der Waals surface area contributed by atoms with E-state index in [9.17, 15) is 14.4 Å². The highest BCUT2D eigenvalue weighted by molar-refractivity contribution is 5.98. The molecule has 1 N–H and O–H groups in total. The second kappa shape index (κ2) is 6.39. The first-order chi connectivity index (χ1) is 8.52. The number of esters is 2. The normalized spacial score (nSPS) is 15.1. The van der Waals surface area contributed by atoms with Crippen molar-refractivity contribution < 1.29 is 23.9 Å². The highest BCUT2D eigenvalue weighted by Gasteiger charge is 2.18. The van der Waals surface area contributed by atoms with Crippen molar-refractivity contribution in [2.24, 2.45) is 0 Å². The Morgan fingerprint density at radius 3 is 2.72 bits per heavy atom. The lowest BCUT2D eigenvalue weighted by Gasteiger charge is -2.14. The summed E-state index contributed by atoms with van der Waals surface area (Å²) in [6, 6.07) is 0. The maximum absolute atomic E-state index is 11.3. The summed E-state index contributed by atoms with van der Waals surface area (Å²) in [5, 5.41) is 2.43. The summed E-state index contributed by atoms with van der Waals surface area (Å²) in [7, 11) is 0. The zero-order chi connectivity index (χ0) is 13.5. The van der Waals surface area contributed by atoms with Crippen LogP contribution in [0.4, 0.5) is 0 Å². The van der Waals surface area contributed by atoms with Crippen LogP contribution >= 0.6 is 0 Å². The first kappa shape index (κ1) is 13.7. The van der Waals surface area contributed by atoms with Gasteiger partial charge in [0.1, 0.15) is 0 Å². The molecule has 6 heteroatoms. The number of carbonyl (C=O) groups excluding carboxylic acids is 3. The fourth-order valence-electron chi connectivity index (χ4n) is 1.14. The minimum Gasteiger partial charge on any atom is -0.463 e. The van der Waals surface area contributed by atoms with Crippen LogP contribution in [0.1, 0.15) is 13.3 Å². The van der Waals surface area contributed by atoms with Crippen molar-refractivity contribution in [2.45, 2.75) is 13.3 Å². The molecule has 1 amide bonds. The molecular weight excluding hydrogens is 238 g/mol. The third-order valence-electron chi connectivity index (χ3n) is 1.90. The first-order valence-corrected chi connectivity index (χ1v) is 5.29. The highest BCUT2D eigenvalue weighted by atomic mass is 16.5. The number of carbonyl (C=O) groups is 3. The fourth-order valence-corrected chi connectivity index (χ4v) is 1.14. The molecule has 0 bridgehead atoms. The highest BCUT2D eigenvalue weighted by Crippen LogP contribution is 2.10. The van der Waals surface area contributed by atoms with Crippen molar-refractivity contribution in [3.63, 3.8) is 0 Å². The Morgan fingerprint density at radius 1 is 1.44 bits per heavy atom. The van der Waals surface area contributed by atoms with E-state index in [1.54, 1.807) is 6.92 Å². The standard InChI is InChI=1S/C12H13NO5/c1-3-17-10(14)6-7-11(15)18-9-5-4-8(2)13-12(9)16/h5-7H,2-4H2,1H3,(H,13,16)/b7-6+. The van der Waals surface area contributed by atoms with Gasteiger partial charge in [0.05, 0.1) is 6.61 Å². The predicted octanol–water partition coefficient (Wildman–Crippen LogP) is 0.566. The molecular formula is C12H13NO5. The van der Waals surface area contributed by atoms with E-state index in [1.807, 2.05) is 0 Å². The molecule has 0 saturated carbocycles. The van der Waals surface area contributed by atoms with Crippen molar-refractivity contribution in [3.8, 4) is 0 Å². The van der Waals surface area contributed by atoms with Gasteiger partial charge < -0.3 is 14.8 Å². The molecule has 0 aliphatic carbocycles. The number of rotatable bonds is 4. The van der Waals surface area contributed by atoms with Crippen molar-refractivity contribution in [3.05, 3.63) is 36.3 Å². The fraction of sp³-hybridized carbons (Fsp3) is 0.250. The maximum Gasteiger partial charge on any atom is 0.336 e. The van der Waals surface area contributed by atoms with Gasteiger partial charge in [0, 0.05) is 24.3 Å². The van der Waals surface area contributed by atoms with Gasteiger partial charge in [0.15, 0.2) is 5.76 Å². The molecule has 0 atom stereocenters. The Labute approximate surface area is 104 Å². The summed E-state index contributed by atoms with van der Waals surface area (Å²) in [5.74, 6) is -2.12. The number of hydrogen-bond acceptors (Lipinski definition) is 5. The molecule has 6 nitrogen and oxygen atoms in total. The molecule has 0 saturated heterocycles. The van der Waals surface area contributed by atoms with Gasteiger partial charge in [-0.25, -0.2) is 9.59 Å². The van der Waals surface area contributed by atoms with E-state index in [-0.39, 0.29) is 12.4 Å². The molecule has 1 aliphatic rings. The van der Waals surface area contributed by atoms with Gasteiger partial charge in [-0.15, -0.1) is 0 Å². The van der Waals surface area contributed by atoms with Crippen LogP contribution in [0, 0.1) is 0 Å². The first-order valence-electron chi connectivity index (χ1n) is 5.29. The topological polar surface area (TPSA) is 81.7 Å². The van der Waals surface area contributed by atoms with E-state index in [0.29, 0.717) is 12.1 Å². The minimum absolute atomic E-state index is 0.110. The molecule has 1 heterocycles. The van der Waals surface area contributed by atoms with Gasteiger partial charge in [0.2, 0.25) is 0 Å². The Morgan fingerprint density at radius 2 is 2.11 bits per heavy atom. The Balaban J connectivity index is 2.53. The average Bonchev–Trinajstić information content (AvgIpc) is 2.31. The van der Waals surface area contributed by atoms with Crippen LogP contribution in [-0.2, 0) is 23.9 Å². The smallest absolute Gasteiger partial charge is 0.336 e. The lowest BCUT2D eigenvalue weighted by molar-refractivity contribution is -0.139. The molecule has 96 valence electrons. The number of amides is 1. The van der Waals surface area contributed by atoms with Crippen molar-refractivity contribution >= 4 is 17.8 Å². The average molecular weight is 251 g/mol. The van der Waals surface area contributed by atoms with Crippen LogP contribution < -0.4 is 5.32 Å². The predicted molar refractivity (Wildman–Crippen MR) is 61.8 cm³/mol. The molecule has 0 fully saturated rings. The van der Waals surface area contributed by atoms with Crippen molar-refractivity contribution in [2.75, 3.05) is 6.61 Å². The van der Waals surface area contributed by atoms with E-state index in [1.165, 1.54) is 6.08 Å². The van der Waals surface area contributed by atoms with Gasteiger partial charge in [-0.05, 0) is 13.0 Å². The summed E-state index contributed by atoms with van der Waals surface area (Å²) in [6.07, 6.45) is 3.68. The van der Waals surface area contributed by atoms with E-state index in [4.69, 9.17) is 4.74 Å². The quantitative estimate of drug-likeness (QED) is 0.583. The number of hydrogen-bond donors (Lipinski definition) is 1. The monoisotopic (exact) mass is 251 g/mol. The molecule has 0 aromatic heterocycles. The van der Waals surface area contributed by atoms with Crippen LogP contribution in [0.15, 0.2) is 36.3 Å². The zero-order valence-corrected chi connectivity index (χ0v) is 9.89. The zero-order valence-electron chi connectivity index (χ0n) is 9.89. The van der Waals surface area contributed by atoms with Gasteiger partial charge in [-0.2, -0.15) is 0 Å². The van der Waals surface area contributed by atoms with Crippen LogP contribution in [0.25, 0.3) is 0 Å². The minimum atomic E-state index is -0.822. The third-order valence-corrected chi connectivity index (χ3v) is 1.90. The SMILES string of the molecule is C=C1CC=C(OC(=O)/C=C/C(=O)OCC)C(=O)N1. The summed E-state index contributed by atoms with van der Waals surface area (Å²) in [6.45, 7) is 5.43. The number of nitrogens with one attached hydrogen (secondary N) is 1. The molecule has 0 radical (unpaired) electrons. The third kappa shape index (κ3) is 4.25. The summed E-state index contributed by atoms with van der Waals surface area (Å²) in [5.41, 5.74) is 0.530. The molecule has 18 heavy (non-hydrogen) atoms. The van der Waals surface area contributed by atoms with Crippen LogP contribution in [0.3, 0.4) is 0 Å². The Hall–Kier alpha value is -2.37. The van der Waals surface area contributed by atoms with Crippen molar-refractivity contribution in [1.29, 1.82) is 0 Å². The largest absolute Gasteiger partial charge is 0.463 e. The lowest BCUT2D eigenvalue weighted by Crippen LogP contribution is -2.29. The Bertz CT molecular complexity index is 447. The molecule has 1 rings (SSSR count). The van der Waals surface area contributed by atoms with Crippen LogP contribution in [0.2, 0.25) is 0 Å². The summed E-state index contributed by atoms with van der Waals surface area (Å²) < 4.78 is 9.33. The summed E-state index contributed by atoms with van der Waals surface area (Å²) in [4.78, 5) is 33.6. The van der Waals surface area contributed by atoms with Gasteiger partial charge in [-0.3, -0.25) is 4.79 Å². The van der Waals surface area contributed by atoms with Crippen LogP contribution in [0.5, 0.6) is 0 Å². The van der Waals surface area contributed by atoms with Gasteiger partial charge in [-0.1, -0.05) is 6.58 Å². The van der Waals surface area contributed by atoms with E-state index in [2.05, 4.69) is 16.6 Å². The Kier molecular flexibility index (Phi) is 4.86. The van der Waals surface area contributed by atoms with E-state index in [0.717, 1.165) is 12.2 Å². The molecule has 0 spiro atoms. The second-order valence-electron chi connectivity index (χ2n) is 3.34. The summed E-state index contributed by atoms with van der Waals surface area (Å²) >= 11 is 0. The number of ether oxygens (including phenoxy) is 2. The van der Waals surface area contributed by atoms with Gasteiger partial charge >= 0.3 is 11.9 Å². The van der Waals surface area contributed by atoms with E-state index < -0.39 is 17.8 Å². The molecule has 0 aromatic carbocycles. The van der Waals surface area contributed by atoms with Gasteiger partial charge in [0.25, 0.3) is 5.91 Å². The van der Waals surface area contributed by atoms with Crippen LogP contribution in [-0.4, -0.2) is 24.5 Å². The molecule has 0 aromatic rings.